The highest BCUT2D eigenvalue weighted by molar-refractivity contribution is 7.05. The second kappa shape index (κ2) is 6.28. The third kappa shape index (κ3) is 2.55. The van der Waals surface area contributed by atoms with E-state index in [0.29, 0.717) is 5.92 Å². The quantitative estimate of drug-likeness (QED) is 0.642. The number of aromatic nitrogens is 2. The molecule has 3 aromatic rings. The first-order valence-corrected chi connectivity index (χ1v) is 9.16. The lowest BCUT2D eigenvalue weighted by molar-refractivity contribution is 0.158. The Kier molecular flexibility index (Phi) is 4.12. The summed E-state index contributed by atoms with van der Waals surface area (Å²) < 4.78 is 4.25. The van der Waals surface area contributed by atoms with Gasteiger partial charge in [-0.05, 0) is 41.8 Å². The van der Waals surface area contributed by atoms with Crippen molar-refractivity contribution in [3.63, 3.8) is 0 Å². The van der Waals surface area contributed by atoms with Gasteiger partial charge in [-0.25, -0.2) is 0 Å². The summed E-state index contributed by atoms with van der Waals surface area (Å²) in [6.07, 6.45) is 0. The van der Waals surface area contributed by atoms with E-state index in [2.05, 4.69) is 70.9 Å². The van der Waals surface area contributed by atoms with Crippen molar-refractivity contribution in [1.29, 1.82) is 0 Å². The molecule has 5 heteroatoms. The van der Waals surface area contributed by atoms with Crippen LogP contribution in [0, 0.1) is 0 Å². The molecule has 0 radical (unpaired) electrons. The van der Waals surface area contributed by atoms with Crippen LogP contribution in [-0.2, 0) is 0 Å². The third-order valence-electron chi connectivity index (χ3n) is 4.87. The summed E-state index contributed by atoms with van der Waals surface area (Å²) in [5.41, 5.74) is 3.65. The van der Waals surface area contributed by atoms with Crippen LogP contribution in [0.1, 0.15) is 46.6 Å². The summed E-state index contributed by atoms with van der Waals surface area (Å²) in [5, 5.41) is 5.21. The Hall–Kier alpha value is -1.75. The van der Waals surface area contributed by atoms with Crippen LogP contribution >= 0.6 is 23.1 Å². The van der Waals surface area contributed by atoms with Crippen LogP contribution in [-0.4, -0.2) is 21.5 Å². The molecular weight excluding hydrogens is 338 g/mol. The number of hydrogen-bond donors (Lipinski definition) is 0. The first kappa shape index (κ1) is 15.8. The molecule has 1 aromatic heterocycles. The van der Waals surface area contributed by atoms with Gasteiger partial charge in [-0.3, -0.25) is 4.90 Å². The maximum absolute atomic E-state index is 6.08. The van der Waals surface area contributed by atoms with Gasteiger partial charge < -0.3 is 0 Å². The van der Waals surface area contributed by atoms with Gasteiger partial charge in [0.15, 0.2) is 0 Å². The summed E-state index contributed by atoms with van der Waals surface area (Å²) in [7, 11) is 2.19. The fourth-order valence-electron chi connectivity index (χ4n) is 3.76. The van der Waals surface area contributed by atoms with Crippen LogP contribution in [0.4, 0.5) is 0 Å². The van der Waals surface area contributed by atoms with Crippen molar-refractivity contribution in [1.82, 2.24) is 14.5 Å². The lowest BCUT2D eigenvalue weighted by Crippen LogP contribution is -2.37. The highest BCUT2D eigenvalue weighted by Crippen LogP contribution is 2.49. The van der Waals surface area contributed by atoms with Gasteiger partial charge in [0.2, 0.25) is 0 Å². The maximum atomic E-state index is 6.08. The molecule has 0 amide bonds. The molecule has 0 N–H and O–H groups in total. The van der Waals surface area contributed by atoms with Gasteiger partial charge in [-0.15, -0.1) is 5.10 Å². The Labute approximate surface area is 151 Å². The number of rotatable bonds is 2. The van der Waals surface area contributed by atoms with E-state index in [1.54, 1.807) is 0 Å². The highest BCUT2D eigenvalue weighted by atomic mass is 35.5. The van der Waals surface area contributed by atoms with E-state index in [9.17, 15) is 0 Å². The molecule has 0 saturated heterocycles. The fourth-order valence-corrected chi connectivity index (χ4v) is 4.83. The molecular formula is C19H18ClN3S. The number of fused-ring (bicyclic) bond motifs is 1. The Bertz CT molecular complexity index is 831. The summed E-state index contributed by atoms with van der Waals surface area (Å²) >= 11 is 7.58. The minimum Gasteiger partial charge on any atom is -0.287 e. The molecule has 0 saturated carbocycles. The normalized spacial score (nSPS) is 23.9. The number of nitrogens with zero attached hydrogens (tertiary/aromatic N) is 3. The van der Waals surface area contributed by atoms with Crippen molar-refractivity contribution in [2.45, 2.75) is 24.9 Å². The molecule has 1 aliphatic rings. The van der Waals surface area contributed by atoms with Gasteiger partial charge >= 0.3 is 0 Å². The Morgan fingerprint density at radius 1 is 1.00 bits per heavy atom. The number of likely N-dealkylation sites (N-methyl/N-ethyl adjacent to an activating group) is 1. The molecule has 0 bridgehead atoms. The van der Waals surface area contributed by atoms with Crippen molar-refractivity contribution >= 4 is 23.1 Å². The Morgan fingerprint density at radius 2 is 1.71 bits per heavy atom. The van der Waals surface area contributed by atoms with E-state index in [0.717, 1.165) is 10.7 Å². The topological polar surface area (TPSA) is 29.0 Å². The summed E-state index contributed by atoms with van der Waals surface area (Å²) in [6.45, 7) is 2.24. The molecule has 3 atom stereocenters. The zero-order valence-corrected chi connectivity index (χ0v) is 15.1. The van der Waals surface area contributed by atoms with Crippen molar-refractivity contribution in [3.8, 4) is 0 Å². The fraction of sp³-hybridized carbons (Fsp3) is 0.263. The second-order valence-electron chi connectivity index (χ2n) is 6.29. The summed E-state index contributed by atoms with van der Waals surface area (Å²) in [5.74, 6) is 0.301. The summed E-state index contributed by atoms with van der Waals surface area (Å²) in [6, 6.07) is 19.2. The van der Waals surface area contributed by atoms with Crippen molar-refractivity contribution < 1.29 is 0 Å². The maximum Gasteiger partial charge on any atom is 0.0854 e. The molecule has 0 fully saturated rings. The number of benzene rings is 2. The van der Waals surface area contributed by atoms with Crippen LogP contribution in [0.15, 0.2) is 54.6 Å². The zero-order chi connectivity index (χ0) is 16.7. The number of hydrogen-bond acceptors (Lipinski definition) is 4. The predicted molar refractivity (Wildman–Crippen MR) is 98.6 cm³/mol. The van der Waals surface area contributed by atoms with Crippen molar-refractivity contribution in [2.24, 2.45) is 0 Å². The molecule has 2 heterocycles. The molecule has 0 spiro atoms. The Balaban J connectivity index is 1.84. The molecule has 3 nitrogen and oxygen atoms in total. The molecule has 0 aliphatic carbocycles. The lowest BCUT2D eigenvalue weighted by atomic mass is 9.83. The third-order valence-corrected chi connectivity index (χ3v) is 5.91. The standard InChI is InChI=1S/C19H18ClN3S/c1-12-16-19(24-22-21-16)18(14-8-10-15(20)11-9-14)23(2)17(12)13-6-4-3-5-7-13/h3-12,17-18H,1-2H3. The highest BCUT2D eigenvalue weighted by Gasteiger charge is 2.40. The smallest absolute Gasteiger partial charge is 0.0854 e. The lowest BCUT2D eigenvalue weighted by Gasteiger charge is -2.42. The van der Waals surface area contributed by atoms with Gasteiger partial charge in [-0.1, -0.05) is 65.5 Å². The molecule has 3 unspecified atom stereocenters. The van der Waals surface area contributed by atoms with E-state index in [-0.39, 0.29) is 12.1 Å². The second-order valence-corrected chi connectivity index (χ2v) is 7.51. The van der Waals surface area contributed by atoms with Gasteiger partial charge in [-0.2, -0.15) is 0 Å². The van der Waals surface area contributed by atoms with Crippen LogP contribution in [0.3, 0.4) is 0 Å². The van der Waals surface area contributed by atoms with Gasteiger partial charge in [0.05, 0.1) is 16.6 Å². The predicted octanol–water partition coefficient (Wildman–Crippen LogP) is 5.07. The van der Waals surface area contributed by atoms with E-state index >= 15 is 0 Å². The van der Waals surface area contributed by atoms with Gasteiger partial charge in [0, 0.05) is 17.0 Å². The average Bonchev–Trinajstić information content (AvgIpc) is 3.07. The van der Waals surface area contributed by atoms with Crippen molar-refractivity contribution in [3.05, 3.63) is 81.3 Å². The number of halogens is 1. The molecule has 24 heavy (non-hydrogen) atoms. The minimum absolute atomic E-state index is 0.152. The van der Waals surface area contributed by atoms with Gasteiger partial charge in [0.1, 0.15) is 0 Å². The minimum atomic E-state index is 0.152. The van der Waals surface area contributed by atoms with E-state index in [1.165, 1.54) is 27.5 Å². The summed E-state index contributed by atoms with van der Waals surface area (Å²) in [4.78, 5) is 3.67. The zero-order valence-electron chi connectivity index (χ0n) is 13.6. The first-order valence-electron chi connectivity index (χ1n) is 8.01. The SMILES string of the molecule is CC1c2nnsc2C(c2ccc(Cl)cc2)N(C)C1c1ccccc1. The van der Waals surface area contributed by atoms with Crippen molar-refractivity contribution in [2.75, 3.05) is 7.05 Å². The molecule has 4 rings (SSSR count). The van der Waals surface area contributed by atoms with Crippen LogP contribution in [0.2, 0.25) is 5.02 Å². The van der Waals surface area contributed by atoms with E-state index in [4.69, 9.17) is 11.6 Å². The molecule has 1 aliphatic heterocycles. The van der Waals surface area contributed by atoms with Crippen LogP contribution < -0.4 is 0 Å². The Morgan fingerprint density at radius 3 is 2.42 bits per heavy atom. The molecule has 2 aromatic carbocycles. The van der Waals surface area contributed by atoms with Crippen LogP contribution in [0.5, 0.6) is 0 Å². The van der Waals surface area contributed by atoms with E-state index < -0.39 is 0 Å². The molecule has 122 valence electrons. The average molecular weight is 356 g/mol. The monoisotopic (exact) mass is 355 g/mol. The van der Waals surface area contributed by atoms with Crippen LogP contribution in [0.25, 0.3) is 0 Å². The van der Waals surface area contributed by atoms with E-state index in [1.807, 2.05) is 12.1 Å². The first-order chi connectivity index (χ1) is 11.7. The largest absolute Gasteiger partial charge is 0.287 e. The van der Waals surface area contributed by atoms with Gasteiger partial charge in [0.25, 0.3) is 0 Å².